The molecular formula is C81H59BN4Si2. The zero-order valence-electron chi connectivity index (χ0n) is 48.4. The van der Waals surface area contributed by atoms with Crippen LogP contribution < -0.4 is 57.2 Å². The van der Waals surface area contributed by atoms with E-state index in [1.54, 1.807) is 0 Å². The van der Waals surface area contributed by atoms with Crippen molar-refractivity contribution in [1.82, 2.24) is 15.0 Å². The highest BCUT2D eigenvalue weighted by molar-refractivity contribution is 7.20. The molecule has 88 heavy (non-hydrogen) atoms. The van der Waals surface area contributed by atoms with Crippen LogP contribution in [0.4, 0.5) is 11.6 Å². The van der Waals surface area contributed by atoms with Crippen LogP contribution in [0.1, 0.15) is 0 Å². The molecule has 0 saturated heterocycles. The number of anilines is 2. The molecule has 0 N–H and O–H groups in total. The first-order valence-electron chi connectivity index (χ1n) is 30.2. The van der Waals surface area contributed by atoms with Crippen molar-refractivity contribution in [1.29, 1.82) is 0 Å². The monoisotopic (exact) mass is 1150 g/mol. The number of hydrogen-bond donors (Lipinski definition) is 0. The lowest BCUT2D eigenvalue weighted by Crippen LogP contribution is -2.74. The van der Waals surface area contributed by atoms with Crippen molar-refractivity contribution in [2.24, 2.45) is 0 Å². The van der Waals surface area contributed by atoms with E-state index in [1.165, 1.54) is 74.8 Å². The van der Waals surface area contributed by atoms with Gasteiger partial charge in [0, 0.05) is 22.4 Å². The molecule has 0 spiro atoms. The van der Waals surface area contributed by atoms with Crippen LogP contribution in [-0.4, -0.2) is 37.9 Å². The maximum Gasteiger partial charge on any atom is 0.331 e. The third-order valence-electron chi connectivity index (χ3n) is 17.7. The third kappa shape index (κ3) is 9.63. The van der Waals surface area contributed by atoms with Gasteiger partial charge in [-0.15, -0.1) is 0 Å². The summed E-state index contributed by atoms with van der Waals surface area (Å²) < 4.78 is 0. The molecule has 1 aliphatic rings. The SMILES string of the molecule is c1ccc(B2c3ccccc3-c3ccccc3N2c2nc(-c3cccc([Si](c4ccccc4)(c4ccccc4)c4cccc(-c5ccccc5)c4)c3)nc(-c3cccc([Si](c4ccccc4)(c4ccccc4)c4cccc(-c5ccccc5)c4)c3)n2)cc1. The molecular weight excluding hydrogens is 1100 g/mol. The van der Waals surface area contributed by atoms with Gasteiger partial charge in [0.05, 0.1) is 0 Å². The highest BCUT2D eigenvalue weighted by Gasteiger charge is 2.44. The van der Waals surface area contributed by atoms with Crippen molar-refractivity contribution in [3.05, 3.63) is 358 Å². The van der Waals surface area contributed by atoms with Crippen molar-refractivity contribution < 1.29 is 0 Å². The van der Waals surface area contributed by atoms with E-state index in [9.17, 15) is 0 Å². The van der Waals surface area contributed by atoms with Gasteiger partial charge in [-0.25, -0.2) is 4.98 Å². The highest BCUT2D eigenvalue weighted by Crippen LogP contribution is 2.39. The molecule has 0 bridgehead atoms. The maximum atomic E-state index is 5.78. The van der Waals surface area contributed by atoms with Crippen LogP contribution in [0.15, 0.2) is 358 Å². The van der Waals surface area contributed by atoms with Gasteiger partial charge in [-0.1, -0.05) is 357 Å². The summed E-state index contributed by atoms with van der Waals surface area (Å²) in [7, 11) is -6.24. The van der Waals surface area contributed by atoms with E-state index in [1.807, 2.05) is 0 Å². The first-order valence-corrected chi connectivity index (χ1v) is 34.2. The Bertz CT molecular complexity index is 4440. The lowest BCUT2D eigenvalue weighted by molar-refractivity contribution is 1.04. The fraction of sp³-hybridized carbons (Fsp3) is 0. The predicted molar refractivity (Wildman–Crippen MR) is 374 cm³/mol. The van der Waals surface area contributed by atoms with Gasteiger partial charge in [-0.2, -0.15) is 9.97 Å². The van der Waals surface area contributed by atoms with Crippen molar-refractivity contribution in [2.45, 2.75) is 0 Å². The van der Waals surface area contributed by atoms with Crippen molar-refractivity contribution in [2.75, 3.05) is 4.81 Å². The molecule has 0 aliphatic carbocycles. The van der Waals surface area contributed by atoms with Gasteiger partial charge < -0.3 is 4.81 Å². The zero-order valence-corrected chi connectivity index (χ0v) is 50.4. The van der Waals surface area contributed by atoms with Crippen molar-refractivity contribution in [3.63, 3.8) is 0 Å². The van der Waals surface area contributed by atoms with Crippen molar-refractivity contribution in [3.8, 4) is 56.2 Å². The Kier molecular flexibility index (Phi) is 14.4. The molecule has 0 unspecified atom stereocenters. The molecule has 0 radical (unpaired) electrons. The minimum Gasteiger partial charge on any atom is -0.345 e. The third-order valence-corrected chi connectivity index (χ3v) is 27.2. The molecule has 1 aromatic heterocycles. The highest BCUT2D eigenvalue weighted by atomic mass is 28.3. The molecule has 14 aromatic rings. The molecule has 0 amide bonds. The lowest BCUT2D eigenvalue weighted by Gasteiger charge is -2.37. The first-order chi connectivity index (χ1) is 43.6. The summed E-state index contributed by atoms with van der Waals surface area (Å²) in [4.78, 5) is 19.7. The largest absolute Gasteiger partial charge is 0.345 e. The molecule has 0 saturated carbocycles. The predicted octanol–water partition coefficient (Wildman–Crippen LogP) is 12.2. The Hall–Kier alpha value is -10.8. The first kappa shape index (κ1) is 53.9. The molecule has 13 aromatic carbocycles. The Morgan fingerprint density at radius 3 is 0.966 bits per heavy atom. The normalized spacial score (nSPS) is 12.0. The van der Waals surface area contributed by atoms with E-state index in [0.717, 1.165) is 27.8 Å². The molecule has 0 fully saturated rings. The van der Waals surface area contributed by atoms with Crippen LogP contribution in [0.2, 0.25) is 0 Å². The van der Waals surface area contributed by atoms with Gasteiger partial charge in [-0.3, -0.25) is 0 Å². The van der Waals surface area contributed by atoms with E-state index < -0.39 is 16.1 Å². The molecule has 414 valence electrons. The fourth-order valence-electron chi connectivity index (χ4n) is 13.7. The van der Waals surface area contributed by atoms with Gasteiger partial charge in [0.15, 0.2) is 27.8 Å². The summed E-state index contributed by atoms with van der Waals surface area (Å²) in [6, 6.07) is 131. The minimum atomic E-state index is -3.12. The van der Waals surface area contributed by atoms with Gasteiger partial charge in [0.2, 0.25) is 5.95 Å². The van der Waals surface area contributed by atoms with Gasteiger partial charge in [0.25, 0.3) is 0 Å². The average Bonchev–Trinajstić information content (AvgIpc) is 0.837. The summed E-state index contributed by atoms with van der Waals surface area (Å²) in [6.07, 6.45) is 0. The Morgan fingerprint density at radius 2 is 0.545 bits per heavy atom. The number of nitrogens with zero attached hydrogens (tertiary/aromatic N) is 4. The summed E-state index contributed by atoms with van der Waals surface area (Å²) in [5.74, 6) is 1.73. The minimum absolute atomic E-state index is 0.269. The Balaban J connectivity index is 0.994. The summed E-state index contributed by atoms with van der Waals surface area (Å²) in [6.45, 7) is -0.269. The molecule has 0 atom stereocenters. The number of benzene rings is 13. The second-order valence-corrected chi connectivity index (χ2v) is 30.2. The lowest BCUT2D eigenvalue weighted by atomic mass is 9.46. The topological polar surface area (TPSA) is 41.9 Å². The van der Waals surface area contributed by atoms with Crippen LogP contribution in [-0.2, 0) is 0 Å². The van der Waals surface area contributed by atoms with E-state index in [4.69, 9.17) is 15.0 Å². The standard InChI is InChI=1S/C81H59BN4Si2/c1-8-30-60(31-9-1)62-34-26-48-71(56-62)87(67-40-14-4-15-41-67,68-42-16-5-17-43-68)73-50-28-36-64(58-73)79-83-80(85-81(84-79)86-78-55-25-23-53-76(78)75-52-22-24-54-77(75)82(86)66-38-12-3-13-39-66)65-37-29-51-74(59-65)88(69-44-18-6-19-45-69,70-46-20-7-21-47-70)72-49-27-35-63(57-72)61-32-10-2-11-33-61/h1-59H. The summed E-state index contributed by atoms with van der Waals surface area (Å²) in [5.41, 5.74) is 12.2. The fourth-order valence-corrected chi connectivity index (χ4v) is 23.4. The van der Waals surface area contributed by atoms with E-state index in [-0.39, 0.29) is 6.85 Å². The van der Waals surface area contributed by atoms with Crippen LogP contribution in [0.5, 0.6) is 0 Å². The molecule has 2 heterocycles. The van der Waals surface area contributed by atoms with E-state index in [0.29, 0.717) is 17.6 Å². The van der Waals surface area contributed by atoms with E-state index >= 15 is 0 Å². The summed E-state index contributed by atoms with van der Waals surface area (Å²) in [5, 5.41) is 10.1. The average molecular weight is 1160 g/mol. The van der Waals surface area contributed by atoms with Crippen LogP contribution >= 0.6 is 0 Å². The Labute approximate surface area is 517 Å². The van der Waals surface area contributed by atoms with E-state index in [2.05, 4.69) is 363 Å². The van der Waals surface area contributed by atoms with Crippen LogP contribution in [0, 0.1) is 0 Å². The quantitative estimate of drug-likeness (QED) is 0.0804. The summed E-state index contributed by atoms with van der Waals surface area (Å²) >= 11 is 0. The molecule has 15 rings (SSSR count). The van der Waals surface area contributed by atoms with Crippen molar-refractivity contribution >= 4 is 87.1 Å². The molecule has 4 nitrogen and oxygen atoms in total. The number of aromatic nitrogens is 3. The second kappa shape index (κ2) is 23.6. The second-order valence-electron chi connectivity index (χ2n) is 22.6. The number of rotatable bonds is 14. The number of para-hydroxylation sites is 1. The van der Waals surface area contributed by atoms with Gasteiger partial charge in [0.1, 0.15) is 0 Å². The smallest absolute Gasteiger partial charge is 0.331 e. The van der Waals surface area contributed by atoms with Crippen LogP contribution in [0.3, 0.4) is 0 Å². The number of fused-ring (bicyclic) bond motifs is 3. The van der Waals surface area contributed by atoms with Crippen LogP contribution in [0.25, 0.3) is 56.2 Å². The van der Waals surface area contributed by atoms with Gasteiger partial charge >= 0.3 is 6.85 Å². The number of hydrogen-bond acceptors (Lipinski definition) is 4. The van der Waals surface area contributed by atoms with Gasteiger partial charge in [-0.05, 0) is 80.8 Å². The Morgan fingerprint density at radius 1 is 0.239 bits per heavy atom. The molecule has 7 heteroatoms. The zero-order chi connectivity index (χ0) is 58.7. The molecule has 1 aliphatic heterocycles. The maximum absolute atomic E-state index is 5.78.